The van der Waals surface area contributed by atoms with Crippen molar-refractivity contribution in [3.8, 4) is 12.1 Å². The number of nitrogen functional groups attached to an aromatic ring is 1. The second-order valence-electron chi connectivity index (χ2n) is 42.2. The summed E-state index contributed by atoms with van der Waals surface area (Å²) in [4.78, 5) is 53.4. The molecule has 0 heterocycles. The molecule has 818 valence electrons. The number of nitriles is 2. The van der Waals surface area contributed by atoms with E-state index in [2.05, 4.69) is 82.5 Å². The van der Waals surface area contributed by atoms with E-state index in [-0.39, 0.29) is 183 Å². The topological polar surface area (TPSA) is 371 Å². The van der Waals surface area contributed by atoms with Gasteiger partial charge in [0.15, 0.2) is 34.4 Å². The molecule has 10 N–H and O–H groups in total. The Bertz CT molecular complexity index is 5250. The summed E-state index contributed by atoms with van der Waals surface area (Å²) in [6.07, 6.45) is 30.5. The Kier molecular flexibility index (Phi) is 87.1. The number of benzene rings is 7. The van der Waals surface area contributed by atoms with Gasteiger partial charge in [0.25, 0.3) is 0 Å². The molecule has 150 heavy (non-hydrogen) atoms. The molecule has 0 aromatic heterocycles. The zero-order valence-corrected chi connectivity index (χ0v) is 110. The predicted molar refractivity (Wildman–Crippen MR) is 625 cm³/mol. The smallest absolute Gasteiger partial charge is 1.00 e. The zero-order chi connectivity index (χ0) is 110. The first-order chi connectivity index (χ1) is 67.9. The van der Waals surface area contributed by atoms with Gasteiger partial charge in [0.2, 0.25) is 0 Å². The number of carbonyl (C=O) groups is 4. The van der Waals surface area contributed by atoms with Crippen molar-refractivity contribution in [2.45, 2.75) is 364 Å². The Balaban J connectivity index is -0.000000310. The number of Topliss-reactive ketones (excluding diaryl/α,β-unsaturated/α-hetero) is 2. The van der Waals surface area contributed by atoms with Crippen LogP contribution in [0.15, 0.2) is 175 Å². The molecule has 22 nitrogen and oxygen atoms in total. The summed E-state index contributed by atoms with van der Waals surface area (Å²) in [6.45, 7) is 66.3. The molecular formula is C117H176BrF2KMgN10O12S2Si2SnTi. The molecule has 12 rings (SSSR count). The summed E-state index contributed by atoms with van der Waals surface area (Å²) in [7, 11) is -4.09. The van der Waals surface area contributed by atoms with E-state index in [1.807, 2.05) is 104 Å². The van der Waals surface area contributed by atoms with Crippen molar-refractivity contribution in [1.29, 1.82) is 10.5 Å². The van der Waals surface area contributed by atoms with Gasteiger partial charge in [-0.15, -0.1) is 23.0 Å². The van der Waals surface area contributed by atoms with E-state index in [4.69, 9.17) is 56.3 Å². The number of anilines is 2. The second kappa shape index (κ2) is 84.4. The van der Waals surface area contributed by atoms with E-state index in [9.17, 15) is 46.1 Å². The first-order valence-electron chi connectivity index (χ1n) is 51.3. The SMILES string of the molecule is Br.CC(C)(C)S(=O)NC(CCC1CC1)(c1ccc(C#N)cc1)c1ccc(F)c(N)c1.CC(C)(C)[S@](N)=O.CC(C)(C)[Si](=O)N=C(CCC1CC1)c1ccc(C#N)cc1.CC(C)O.CC(C)O.CC(C)O.CC(C)O.CCC[CH2][SnH]([CH2]CCC)[CH2]CCC.CN(c1c[c-]ccc1F)[Si](C)(C)C.O=CC1CC1.[C-]#[N+]c1ccc(C(=O)/C=C/C2CC2)cc1.[C-]#[N+]c1ccc(C(=O)CCC2CC2)cc1.[C-]#[N+]c1ccc(C(C)=O)cc1.[H-].[K+].[Mg+2].[OH-].[Ti]. The number of nitrogens with one attached hydrogen (secondary N) is 1. The van der Waals surface area contributed by atoms with Gasteiger partial charge in [-0.1, -0.05) is 188 Å². The second-order valence-corrected chi connectivity index (χ2v) is 63.3. The molecule has 33 heteroatoms. The van der Waals surface area contributed by atoms with Crippen LogP contribution in [0.1, 0.15) is 347 Å². The van der Waals surface area contributed by atoms with E-state index >= 15 is 0 Å². The fraction of sp³-hybridized carbons (Fsp3) is 0.538. The molecule has 3 atom stereocenters. The van der Waals surface area contributed by atoms with Gasteiger partial charge in [-0.25, -0.2) is 36.5 Å². The van der Waals surface area contributed by atoms with Crippen LogP contribution in [0.3, 0.4) is 0 Å². The zero-order valence-electron chi connectivity index (χ0n) is 95.8. The Labute approximate surface area is 1000 Å². The fourth-order valence-corrected chi connectivity index (χ4v) is 25.9. The number of allylic oxidation sites excluding steroid dienone is 2. The van der Waals surface area contributed by atoms with Gasteiger partial charge in [0.1, 0.15) is 20.3 Å². The third-order valence-corrected chi connectivity index (χ3v) is 39.6. The van der Waals surface area contributed by atoms with E-state index in [0.29, 0.717) is 75.6 Å². The Morgan fingerprint density at radius 1 is 0.600 bits per heavy atom. The number of hydrogen-bond donors (Lipinski definition) is 7. The van der Waals surface area contributed by atoms with Crippen LogP contribution < -0.4 is 71.5 Å². The van der Waals surface area contributed by atoms with Crippen molar-refractivity contribution in [1.82, 2.24) is 4.72 Å². The van der Waals surface area contributed by atoms with Crippen molar-refractivity contribution in [2.24, 2.45) is 39.4 Å². The number of aliphatic hydroxyl groups is 4. The molecule has 5 aliphatic carbocycles. The van der Waals surface area contributed by atoms with Crippen LogP contribution >= 0.6 is 17.0 Å². The minimum atomic E-state index is -2.02. The van der Waals surface area contributed by atoms with Crippen molar-refractivity contribution in [3.05, 3.63) is 266 Å². The van der Waals surface area contributed by atoms with Crippen LogP contribution in [0, 0.1) is 89.7 Å². The maximum absolute atomic E-state index is 13.9. The van der Waals surface area contributed by atoms with Gasteiger partial charge in [-0.3, -0.25) is 24.2 Å². The maximum atomic E-state index is 13.9. The fourth-order valence-electron chi connectivity index (χ4n) is 12.3. The molecule has 7 aromatic carbocycles. The van der Waals surface area contributed by atoms with Crippen LogP contribution in [0.5, 0.6) is 0 Å². The number of halogens is 3. The molecule has 0 aliphatic heterocycles. The van der Waals surface area contributed by atoms with Gasteiger partial charge in [-0.05, 0) is 257 Å². The third-order valence-electron chi connectivity index (χ3n) is 22.2. The van der Waals surface area contributed by atoms with E-state index in [1.54, 1.807) is 196 Å². The summed E-state index contributed by atoms with van der Waals surface area (Å²) in [5.41, 5.74) is 14.4. The third kappa shape index (κ3) is 75.9. The van der Waals surface area contributed by atoms with Crippen LogP contribution in [-0.2, 0) is 58.5 Å². The average Bonchev–Trinajstić information content (AvgIpc) is 0.976. The molecule has 2 unspecified atom stereocenters. The van der Waals surface area contributed by atoms with Crippen molar-refractivity contribution in [2.75, 3.05) is 17.3 Å². The van der Waals surface area contributed by atoms with Crippen molar-refractivity contribution < 1.29 is 141 Å². The molecule has 5 fully saturated rings. The molecular weight excluding hydrogens is 2210 g/mol. The van der Waals surface area contributed by atoms with Crippen molar-refractivity contribution in [3.63, 3.8) is 0 Å². The van der Waals surface area contributed by atoms with Crippen LogP contribution in [0.2, 0.25) is 38.0 Å². The number of carbonyl (C=O) groups excluding carboxylic acids is 4. The van der Waals surface area contributed by atoms with Crippen LogP contribution in [0.4, 0.5) is 37.2 Å². The van der Waals surface area contributed by atoms with E-state index in [0.717, 1.165) is 84.6 Å². The summed E-state index contributed by atoms with van der Waals surface area (Å²) in [5.74, 6) is 2.99. The molecule has 0 spiro atoms. The molecule has 0 saturated heterocycles. The van der Waals surface area contributed by atoms with Crippen LogP contribution in [0.25, 0.3) is 14.5 Å². The number of nitrogens with zero attached hydrogens (tertiary/aromatic N) is 7. The maximum Gasteiger partial charge on any atom is 2.00 e. The first-order valence-corrected chi connectivity index (χ1v) is 65.4. The van der Waals surface area contributed by atoms with E-state index < -0.39 is 74.9 Å². The average molecular weight is 2380 g/mol. The standard InChI is InChI=1S/C23H28FN3OS.C17H22N2OSi.C13H13NO.C13H11NO.C10H15FNSi.C9H7NO.C4H11NOS.C4H6O.3C4H9.4C3H8O.BrH.K.Mg.H2O.Sn.Ti.2H/c1-22(2,3)29(28)27-23(13-12-16-4-5-16,18-8-6-17(15-25)7-9-18)19-10-11-20(24)21(26)14-19;1-17(2,3)21(20)19-16(11-8-13-4-5-13)15-9-6-14(12-18)7-10-15;2*1-14-12-7-5-11(6-8-12)13(15)9-4-10-2-3-10;1-12(13(2,3)4)10-8-6-5-7-9(10)11;1-7(11)8-3-5-9(10-2)6-4-8;1-4(2,3)7(5)6;5-3-4-1-2-4;3*1-3-4-2;4*1-3(2)4;;;;;;;;/h6-11,14,16,27H,4-5,12-13,26H2,1-3H3;6-7,9-10,13H,4-5,8,11H2,1-3H3;5-8,10H,2-4,9H2;4-10H,2-3H2;5,7-8H,1-4H3;3-6H,1H3;5H2,1-3H3;3-4H,1-2H2;3*1,3-4H2,2H3;4*3-4H,1-2H3;1H;;;1H2;;;;/q;;;;-1;;;;;;;;;;;;+1;+2;;;;;-1/p-1/b;;;9-4+;;;;;;;;;;;;;;;;;;;/t;;;;;;7-;;;;;;;;;;;;;;;;/m......1................/s1. The minimum absolute atomic E-state index is 0. The monoisotopic (exact) mass is 2380 g/mol. The van der Waals surface area contributed by atoms with Gasteiger partial charge >= 0.3 is 176 Å². The molecule has 5 aliphatic rings. The Morgan fingerprint density at radius 3 is 1.29 bits per heavy atom. The Morgan fingerprint density at radius 2 is 0.967 bits per heavy atom. The Hall–Kier alpha value is -5.81. The number of nitrogens with two attached hydrogens (primary N) is 2. The minimum Gasteiger partial charge on any atom is -1.00 e. The molecule has 5 saturated carbocycles. The number of ketones is 3. The normalized spacial score (nSPS) is 13.6. The van der Waals surface area contributed by atoms with Gasteiger partial charge in [0.05, 0.1) is 85.7 Å². The number of hydrogen-bond acceptors (Lipinski definition) is 16. The summed E-state index contributed by atoms with van der Waals surface area (Å²) < 4.78 is 77.5. The molecule has 0 amide bonds. The first kappa shape index (κ1) is 155. The predicted octanol–water partition coefficient (Wildman–Crippen LogP) is 25.7. The van der Waals surface area contributed by atoms with Gasteiger partial charge in [0, 0.05) is 91.7 Å². The molecule has 0 bridgehead atoms. The number of aliphatic hydroxyl groups excluding tert-OH is 4. The number of aldehydes is 1. The summed E-state index contributed by atoms with van der Waals surface area (Å²) >= 11 is -0.967. The summed E-state index contributed by atoms with van der Waals surface area (Å²) in [5, 5.41) is 55.0. The van der Waals surface area contributed by atoms with Gasteiger partial charge < -0.3 is 46.9 Å². The summed E-state index contributed by atoms with van der Waals surface area (Å²) in [6, 6.07) is 51.6. The largest absolute Gasteiger partial charge is 2.00 e. The molecule has 0 radical (unpaired) electrons. The quantitative estimate of drug-likeness (QED) is 0.00392. The number of unbranched alkanes of at least 4 members (excludes halogenated alkanes) is 3. The van der Waals surface area contributed by atoms with Crippen molar-refractivity contribution >= 4 is 157 Å². The van der Waals surface area contributed by atoms with Crippen LogP contribution in [-0.4, -0.2) is 165 Å². The van der Waals surface area contributed by atoms with Gasteiger partial charge in [-0.2, -0.15) is 28.7 Å². The molecule has 7 aromatic rings. The number of rotatable bonds is 32. The van der Waals surface area contributed by atoms with E-state index in [1.165, 1.54) is 109 Å².